The summed E-state index contributed by atoms with van der Waals surface area (Å²) in [6.07, 6.45) is -0.562. The van der Waals surface area contributed by atoms with Gasteiger partial charge in [-0.1, -0.05) is 6.07 Å². The minimum Gasteiger partial charge on any atom is -0.496 e. The van der Waals surface area contributed by atoms with Crippen LogP contribution >= 0.6 is 22.7 Å². The van der Waals surface area contributed by atoms with Crippen LogP contribution in [0.25, 0.3) is 0 Å². The highest BCUT2D eigenvalue weighted by Crippen LogP contribution is 2.37. The summed E-state index contributed by atoms with van der Waals surface area (Å²) in [5, 5.41) is 14.2. The molecule has 0 aromatic carbocycles. The summed E-state index contributed by atoms with van der Waals surface area (Å²) in [6.45, 7) is 0.432. The molecule has 0 saturated heterocycles. The molecule has 0 aliphatic carbocycles. The molecule has 2 aromatic heterocycles. The molecule has 2 rings (SSSR count). The van der Waals surface area contributed by atoms with Crippen molar-refractivity contribution in [3.8, 4) is 5.75 Å². The van der Waals surface area contributed by atoms with Gasteiger partial charge in [0.2, 0.25) is 0 Å². The SMILES string of the molecule is COc1csc(C(O)C(CN)c2cccs2)c1. The van der Waals surface area contributed by atoms with E-state index in [2.05, 4.69) is 0 Å². The third-order valence-electron chi connectivity index (χ3n) is 2.67. The lowest BCUT2D eigenvalue weighted by Gasteiger charge is -2.18. The number of hydrogen-bond donors (Lipinski definition) is 2. The van der Waals surface area contributed by atoms with Crippen LogP contribution in [0.3, 0.4) is 0 Å². The number of methoxy groups -OCH3 is 1. The topological polar surface area (TPSA) is 55.5 Å². The monoisotopic (exact) mass is 269 g/mol. The molecule has 0 fully saturated rings. The van der Waals surface area contributed by atoms with Gasteiger partial charge < -0.3 is 15.6 Å². The molecule has 3 N–H and O–H groups in total. The third-order valence-corrected chi connectivity index (χ3v) is 4.65. The molecule has 0 radical (unpaired) electrons. The van der Waals surface area contributed by atoms with Crippen molar-refractivity contribution in [3.05, 3.63) is 38.7 Å². The Labute approximate surface area is 108 Å². The van der Waals surface area contributed by atoms with Crippen LogP contribution in [-0.4, -0.2) is 18.8 Å². The number of aliphatic hydroxyl groups excluding tert-OH is 1. The lowest BCUT2D eigenvalue weighted by Crippen LogP contribution is -2.18. The van der Waals surface area contributed by atoms with Crippen LogP contribution < -0.4 is 10.5 Å². The second-order valence-electron chi connectivity index (χ2n) is 3.69. The van der Waals surface area contributed by atoms with E-state index in [0.29, 0.717) is 6.54 Å². The Kier molecular flexibility index (Phi) is 4.17. The predicted molar refractivity (Wildman–Crippen MR) is 71.9 cm³/mol. The van der Waals surface area contributed by atoms with E-state index in [1.54, 1.807) is 18.4 Å². The summed E-state index contributed by atoms with van der Waals surface area (Å²) < 4.78 is 5.12. The van der Waals surface area contributed by atoms with Crippen LogP contribution in [0.15, 0.2) is 29.0 Å². The lowest BCUT2D eigenvalue weighted by atomic mass is 9.99. The van der Waals surface area contributed by atoms with Crippen molar-refractivity contribution >= 4 is 22.7 Å². The van der Waals surface area contributed by atoms with Crippen molar-refractivity contribution in [1.82, 2.24) is 0 Å². The van der Waals surface area contributed by atoms with E-state index < -0.39 is 6.10 Å². The van der Waals surface area contributed by atoms with Gasteiger partial charge in [0.15, 0.2) is 0 Å². The Balaban J connectivity index is 2.20. The largest absolute Gasteiger partial charge is 0.496 e. The Morgan fingerprint density at radius 1 is 1.41 bits per heavy atom. The van der Waals surface area contributed by atoms with Crippen molar-refractivity contribution in [2.45, 2.75) is 12.0 Å². The minimum absolute atomic E-state index is 0.0432. The van der Waals surface area contributed by atoms with Gasteiger partial charge in [-0.3, -0.25) is 0 Å². The normalized spacial score (nSPS) is 14.5. The highest BCUT2D eigenvalue weighted by Gasteiger charge is 2.23. The van der Waals surface area contributed by atoms with Gasteiger partial charge >= 0.3 is 0 Å². The fourth-order valence-corrected chi connectivity index (χ4v) is 3.47. The molecule has 0 spiro atoms. The van der Waals surface area contributed by atoms with E-state index in [1.165, 1.54) is 11.3 Å². The molecule has 0 aliphatic rings. The first-order chi connectivity index (χ1) is 8.26. The maximum atomic E-state index is 10.3. The maximum absolute atomic E-state index is 10.3. The summed E-state index contributed by atoms with van der Waals surface area (Å²) in [7, 11) is 1.62. The zero-order valence-corrected chi connectivity index (χ0v) is 11.1. The minimum atomic E-state index is -0.562. The third kappa shape index (κ3) is 2.69. The molecule has 17 heavy (non-hydrogen) atoms. The van der Waals surface area contributed by atoms with Crippen LogP contribution in [-0.2, 0) is 0 Å². The summed E-state index contributed by atoms with van der Waals surface area (Å²) in [6, 6.07) is 5.85. The van der Waals surface area contributed by atoms with Crippen LogP contribution in [0.4, 0.5) is 0 Å². The average molecular weight is 269 g/mol. The zero-order chi connectivity index (χ0) is 12.3. The van der Waals surface area contributed by atoms with Crippen LogP contribution in [0, 0.1) is 0 Å². The summed E-state index contributed by atoms with van der Waals surface area (Å²) in [4.78, 5) is 2.01. The second-order valence-corrected chi connectivity index (χ2v) is 5.61. The van der Waals surface area contributed by atoms with E-state index in [-0.39, 0.29) is 5.92 Å². The van der Waals surface area contributed by atoms with Gasteiger partial charge in [0.25, 0.3) is 0 Å². The van der Waals surface area contributed by atoms with Crippen molar-refractivity contribution in [2.24, 2.45) is 5.73 Å². The number of rotatable bonds is 5. The van der Waals surface area contributed by atoms with E-state index in [1.807, 2.05) is 29.0 Å². The first-order valence-electron chi connectivity index (χ1n) is 5.30. The standard InChI is InChI=1S/C12H15NO2S2/c1-15-8-5-11(17-7-8)12(14)9(6-13)10-3-2-4-16-10/h2-5,7,9,12,14H,6,13H2,1H3. The quantitative estimate of drug-likeness (QED) is 0.877. The van der Waals surface area contributed by atoms with E-state index in [9.17, 15) is 5.11 Å². The smallest absolute Gasteiger partial charge is 0.129 e. The van der Waals surface area contributed by atoms with Crippen LogP contribution in [0.1, 0.15) is 21.8 Å². The number of hydrogen-bond acceptors (Lipinski definition) is 5. The molecule has 3 nitrogen and oxygen atoms in total. The average Bonchev–Trinajstić information content (AvgIpc) is 3.00. The van der Waals surface area contributed by atoms with E-state index in [4.69, 9.17) is 10.5 Å². The zero-order valence-electron chi connectivity index (χ0n) is 9.50. The fourth-order valence-electron chi connectivity index (χ4n) is 1.70. The van der Waals surface area contributed by atoms with Crippen molar-refractivity contribution in [1.29, 1.82) is 0 Å². The lowest BCUT2D eigenvalue weighted by molar-refractivity contribution is 0.152. The molecule has 0 saturated carbocycles. The van der Waals surface area contributed by atoms with Gasteiger partial charge in [-0.25, -0.2) is 0 Å². The molecule has 0 aliphatic heterocycles. The molecule has 92 valence electrons. The number of ether oxygens (including phenoxy) is 1. The molecule has 5 heteroatoms. The first-order valence-corrected chi connectivity index (χ1v) is 7.06. The van der Waals surface area contributed by atoms with Crippen molar-refractivity contribution in [2.75, 3.05) is 13.7 Å². The molecule has 2 unspecified atom stereocenters. The van der Waals surface area contributed by atoms with E-state index in [0.717, 1.165) is 15.5 Å². The molecule has 2 aromatic rings. The Bertz CT molecular complexity index is 453. The second kappa shape index (κ2) is 5.64. The fraction of sp³-hybridized carbons (Fsp3) is 0.333. The van der Waals surface area contributed by atoms with Gasteiger partial charge in [0.1, 0.15) is 5.75 Å². The van der Waals surface area contributed by atoms with Gasteiger partial charge in [0, 0.05) is 27.6 Å². The summed E-state index contributed by atoms with van der Waals surface area (Å²) in [5.41, 5.74) is 5.76. The Morgan fingerprint density at radius 2 is 2.24 bits per heavy atom. The molecule has 2 atom stereocenters. The highest BCUT2D eigenvalue weighted by molar-refractivity contribution is 7.10. The predicted octanol–water partition coefficient (Wildman–Crippen LogP) is 2.59. The summed E-state index contributed by atoms with van der Waals surface area (Å²) in [5.74, 6) is 0.740. The maximum Gasteiger partial charge on any atom is 0.129 e. The Morgan fingerprint density at radius 3 is 2.76 bits per heavy atom. The van der Waals surface area contributed by atoms with Crippen LogP contribution in [0.5, 0.6) is 5.75 Å². The highest BCUT2D eigenvalue weighted by atomic mass is 32.1. The molecular weight excluding hydrogens is 254 g/mol. The Hall–Kier alpha value is -0.880. The van der Waals surface area contributed by atoms with Gasteiger partial charge in [-0.05, 0) is 17.5 Å². The summed E-state index contributed by atoms with van der Waals surface area (Å²) >= 11 is 3.12. The first kappa shape index (κ1) is 12.6. The molecular formula is C12H15NO2S2. The van der Waals surface area contributed by atoms with Gasteiger partial charge in [-0.15, -0.1) is 22.7 Å². The van der Waals surface area contributed by atoms with Gasteiger partial charge in [-0.2, -0.15) is 0 Å². The molecule has 2 heterocycles. The number of thiophene rings is 2. The number of nitrogens with two attached hydrogens (primary N) is 1. The van der Waals surface area contributed by atoms with Crippen molar-refractivity contribution in [3.63, 3.8) is 0 Å². The molecule has 0 bridgehead atoms. The number of aliphatic hydroxyl groups is 1. The van der Waals surface area contributed by atoms with Crippen molar-refractivity contribution < 1.29 is 9.84 Å². The van der Waals surface area contributed by atoms with Gasteiger partial charge in [0.05, 0.1) is 13.2 Å². The molecule has 0 amide bonds. The van der Waals surface area contributed by atoms with Crippen LogP contribution in [0.2, 0.25) is 0 Å². The van der Waals surface area contributed by atoms with E-state index >= 15 is 0 Å².